The lowest BCUT2D eigenvalue weighted by Crippen LogP contribution is -2.55. The molecule has 186 valence electrons. The third kappa shape index (κ3) is 5.02. The van der Waals surface area contributed by atoms with Gasteiger partial charge in [0, 0.05) is 35.5 Å². The first-order chi connectivity index (χ1) is 16.3. The van der Waals surface area contributed by atoms with Gasteiger partial charge in [-0.3, -0.25) is 4.79 Å². The molecule has 1 saturated heterocycles. The number of piperidine rings is 1. The van der Waals surface area contributed by atoms with E-state index < -0.39 is 5.60 Å². The lowest BCUT2D eigenvalue weighted by atomic mass is 9.71. The molecular weight excluding hydrogens is 430 g/mol. The van der Waals surface area contributed by atoms with Crippen molar-refractivity contribution in [1.82, 2.24) is 4.90 Å². The second kappa shape index (κ2) is 10.5. The van der Waals surface area contributed by atoms with Crippen molar-refractivity contribution >= 4 is 16.9 Å². The van der Waals surface area contributed by atoms with E-state index in [0.717, 1.165) is 73.4 Å². The van der Waals surface area contributed by atoms with Gasteiger partial charge < -0.3 is 19.2 Å². The van der Waals surface area contributed by atoms with Crippen LogP contribution in [-0.2, 0) is 11.2 Å². The number of carbonyl (C=O) groups is 1. The predicted octanol–water partition coefficient (Wildman–Crippen LogP) is 5.07. The maximum absolute atomic E-state index is 12.9. The van der Waals surface area contributed by atoms with Gasteiger partial charge in [-0.25, -0.2) is 4.79 Å². The Morgan fingerprint density at radius 3 is 2.79 bits per heavy atom. The van der Waals surface area contributed by atoms with Crippen molar-refractivity contribution < 1.29 is 19.1 Å². The molecule has 6 nitrogen and oxygen atoms in total. The first kappa shape index (κ1) is 24.8. The number of nitrogens with zero attached hydrogens (tertiary/aromatic N) is 1. The third-order valence-corrected chi connectivity index (χ3v) is 8.07. The average molecular weight is 470 g/mol. The summed E-state index contributed by atoms with van der Waals surface area (Å²) in [6, 6.07) is 3.80. The van der Waals surface area contributed by atoms with Crippen LogP contribution in [-0.4, -0.2) is 41.2 Å². The molecule has 1 aliphatic heterocycles. The van der Waals surface area contributed by atoms with Crippen LogP contribution in [0.3, 0.4) is 0 Å². The standard InChI is InChI=1S/C28H39NO5/c1-4-5-6-7-11-23-19(2)22-12-13-24(20(3)26(22)34-27(23)31)33-18-25(30)29-16-15-28(32)14-9-8-10-21(28)17-29/h12-13,21,32H,4-11,14-18H2,1-3H3/t21-,28+/m1/s1. The van der Waals surface area contributed by atoms with Gasteiger partial charge in [0.15, 0.2) is 6.61 Å². The largest absolute Gasteiger partial charge is 0.483 e. The van der Waals surface area contributed by atoms with Crippen molar-refractivity contribution in [3.63, 3.8) is 0 Å². The summed E-state index contributed by atoms with van der Waals surface area (Å²) in [5, 5.41) is 11.8. The molecule has 1 amide bonds. The fraction of sp³-hybridized carbons (Fsp3) is 0.643. The number of aryl methyl sites for hydroxylation is 2. The van der Waals surface area contributed by atoms with E-state index in [1.807, 2.05) is 30.9 Å². The number of hydrogen-bond donors (Lipinski definition) is 1. The minimum absolute atomic E-state index is 0.0593. The van der Waals surface area contributed by atoms with E-state index in [0.29, 0.717) is 30.8 Å². The highest BCUT2D eigenvalue weighted by atomic mass is 16.5. The number of hydrogen-bond acceptors (Lipinski definition) is 5. The van der Waals surface area contributed by atoms with Gasteiger partial charge in [0.2, 0.25) is 0 Å². The lowest BCUT2D eigenvalue weighted by molar-refractivity contribution is -0.145. The summed E-state index contributed by atoms with van der Waals surface area (Å²) in [5.74, 6) is 0.659. The van der Waals surface area contributed by atoms with Gasteiger partial charge in [-0.05, 0) is 63.6 Å². The lowest BCUT2D eigenvalue weighted by Gasteiger charge is -2.47. The Balaban J connectivity index is 1.44. The molecular formula is C28H39NO5. The van der Waals surface area contributed by atoms with Crippen LogP contribution < -0.4 is 10.4 Å². The Bertz CT molecular complexity index is 1090. The first-order valence-electron chi connectivity index (χ1n) is 13.0. The van der Waals surface area contributed by atoms with Crippen LogP contribution >= 0.6 is 0 Å². The Hall–Kier alpha value is -2.34. The van der Waals surface area contributed by atoms with Gasteiger partial charge in [0.05, 0.1) is 5.60 Å². The number of aliphatic hydroxyl groups is 1. The van der Waals surface area contributed by atoms with Gasteiger partial charge in [-0.15, -0.1) is 0 Å². The summed E-state index contributed by atoms with van der Waals surface area (Å²) in [4.78, 5) is 27.4. The van der Waals surface area contributed by atoms with Gasteiger partial charge >= 0.3 is 5.63 Å². The van der Waals surface area contributed by atoms with Crippen LogP contribution in [0.1, 0.15) is 81.4 Å². The number of amides is 1. The minimum atomic E-state index is -0.602. The van der Waals surface area contributed by atoms with Crippen molar-refractivity contribution in [2.75, 3.05) is 19.7 Å². The first-order valence-corrected chi connectivity index (χ1v) is 13.0. The highest BCUT2D eigenvalue weighted by molar-refractivity contribution is 5.86. The molecule has 0 bridgehead atoms. The normalized spacial score (nSPS) is 22.6. The molecule has 2 fully saturated rings. The zero-order valence-electron chi connectivity index (χ0n) is 21.0. The average Bonchev–Trinajstić information content (AvgIpc) is 2.82. The van der Waals surface area contributed by atoms with E-state index in [9.17, 15) is 14.7 Å². The van der Waals surface area contributed by atoms with Crippen LogP contribution in [0, 0.1) is 19.8 Å². The van der Waals surface area contributed by atoms with E-state index >= 15 is 0 Å². The van der Waals surface area contributed by atoms with Gasteiger partial charge in [0.1, 0.15) is 11.3 Å². The Morgan fingerprint density at radius 1 is 1.18 bits per heavy atom. The SMILES string of the molecule is CCCCCCc1c(C)c2ccc(OCC(=O)N3CC[C@@]4(O)CCCC[C@@H]4C3)c(C)c2oc1=O. The molecule has 1 aromatic heterocycles. The molecule has 2 aromatic rings. The van der Waals surface area contributed by atoms with Gasteiger partial charge in [0.25, 0.3) is 5.91 Å². The molecule has 2 atom stereocenters. The second-order valence-electron chi connectivity index (χ2n) is 10.3. The molecule has 0 unspecified atom stereocenters. The van der Waals surface area contributed by atoms with E-state index in [-0.39, 0.29) is 24.1 Å². The molecule has 6 heteroatoms. The van der Waals surface area contributed by atoms with E-state index in [1.54, 1.807) is 0 Å². The number of rotatable bonds is 8. The van der Waals surface area contributed by atoms with Crippen molar-refractivity contribution in [2.45, 2.75) is 90.6 Å². The van der Waals surface area contributed by atoms with E-state index in [4.69, 9.17) is 9.15 Å². The molecule has 1 aromatic carbocycles. The van der Waals surface area contributed by atoms with Gasteiger partial charge in [-0.2, -0.15) is 0 Å². The van der Waals surface area contributed by atoms with Crippen molar-refractivity contribution in [3.05, 3.63) is 39.2 Å². The number of ether oxygens (including phenoxy) is 1. The third-order valence-electron chi connectivity index (χ3n) is 8.07. The molecule has 0 radical (unpaired) electrons. The summed E-state index contributed by atoms with van der Waals surface area (Å²) < 4.78 is 11.6. The summed E-state index contributed by atoms with van der Waals surface area (Å²) in [7, 11) is 0. The monoisotopic (exact) mass is 469 g/mol. The Morgan fingerprint density at radius 2 is 2.00 bits per heavy atom. The van der Waals surface area contributed by atoms with Crippen LogP contribution in [0.25, 0.3) is 11.0 Å². The summed E-state index contributed by atoms with van der Waals surface area (Å²) in [6.45, 7) is 7.14. The molecule has 1 aliphatic carbocycles. The van der Waals surface area contributed by atoms with Crippen molar-refractivity contribution in [1.29, 1.82) is 0 Å². The van der Waals surface area contributed by atoms with Crippen molar-refractivity contribution in [2.24, 2.45) is 5.92 Å². The minimum Gasteiger partial charge on any atom is -0.483 e. The molecule has 2 aliphatic rings. The van der Waals surface area contributed by atoms with Gasteiger partial charge in [-0.1, -0.05) is 39.0 Å². The van der Waals surface area contributed by atoms with Crippen LogP contribution in [0.5, 0.6) is 5.75 Å². The van der Waals surface area contributed by atoms with E-state index in [2.05, 4.69) is 6.92 Å². The number of fused-ring (bicyclic) bond motifs is 2. The number of unbranched alkanes of at least 4 members (excludes halogenated alkanes) is 3. The molecule has 4 rings (SSSR count). The fourth-order valence-corrected chi connectivity index (χ4v) is 5.77. The quantitative estimate of drug-likeness (QED) is 0.432. The number of benzene rings is 1. The van der Waals surface area contributed by atoms with E-state index in [1.165, 1.54) is 6.42 Å². The maximum Gasteiger partial charge on any atom is 0.339 e. The summed E-state index contributed by atoms with van der Waals surface area (Å²) >= 11 is 0. The molecule has 0 spiro atoms. The number of likely N-dealkylation sites (tertiary alicyclic amines) is 1. The number of carbonyl (C=O) groups excluding carboxylic acids is 1. The Labute approximate surface area is 202 Å². The molecule has 1 N–H and O–H groups in total. The second-order valence-corrected chi connectivity index (χ2v) is 10.3. The summed E-state index contributed by atoms with van der Waals surface area (Å²) in [6.07, 6.45) is 9.83. The fourth-order valence-electron chi connectivity index (χ4n) is 5.77. The highest BCUT2D eigenvalue weighted by Crippen LogP contribution is 2.39. The zero-order chi connectivity index (χ0) is 24.3. The topological polar surface area (TPSA) is 80.0 Å². The predicted molar refractivity (Wildman–Crippen MR) is 133 cm³/mol. The zero-order valence-corrected chi connectivity index (χ0v) is 21.0. The van der Waals surface area contributed by atoms with Crippen LogP contribution in [0.4, 0.5) is 0 Å². The maximum atomic E-state index is 12.9. The smallest absolute Gasteiger partial charge is 0.339 e. The van der Waals surface area contributed by atoms with Crippen molar-refractivity contribution in [3.8, 4) is 5.75 Å². The molecule has 34 heavy (non-hydrogen) atoms. The molecule has 2 heterocycles. The molecule has 1 saturated carbocycles. The van der Waals surface area contributed by atoms with Crippen LogP contribution in [0.15, 0.2) is 21.3 Å². The summed E-state index contributed by atoms with van der Waals surface area (Å²) in [5.41, 5.74) is 2.14. The van der Waals surface area contributed by atoms with Crippen LogP contribution in [0.2, 0.25) is 0 Å². The Kier molecular flexibility index (Phi) is 7.66. The highest BCUT2D eigenvalue weighted by Gasteiger charge is 2.43.